The van der Waals surface area contributed by atoms with E-state index in [2.05, 4.69) is 0 Å². The van der Waals surface area contributed by atoms with Crippen molar-refractivity contribution in [2.45, 2.75) is 6.92 Å². The van der Waals surface area contributed by atoms with Crippen LogP contribution in [0.15, 0.2) is 16.4 Å². The van der Waals surface area contributed by atoms with Crippen molar-refractivity contribution >= 4 is 40.3 Å². The number of aryl methyl sites for hydroxylation is 1. The first-order valence-corrected chi connectivity index (χ1v) is 6.05. The predicted octanol–water partition coefficient (Wildman–Crippen LogP) is 2.72. The Bertz CT molecular complexity index is 462. The zero-order chi connectivity index (χ0) is 11.0. The molecule has 78 valence electrons. The van der Waals surface area contributed by atoms with E-state index < -0.39 is 0 Å². The molecule has 1 aliphatic heterocycles. The summed E-state index contributed by atoms with van der Waals surface area (Å²) in [5, 5.41) is 1.76. The first kappa shape index (κ1) is 10.4. The fourth-order valence-corrected chi connectivity index (χ4v) is 2.94. The van der Waals surface area contributed by atoms with Gasteiger partial charge < -0.3 is 0 Å². The summed E-state index contributed by atoms with van der Waals surface area (Å²) >= 11 is 2.56. The molecule has 5 heteroatoms. The van der Waals surface area contributed by atoms with Gasteiger partial charge in [0, 0.05) is 11.9 Å². The van der Waals surface area contributed by atoms with Gasteiger partial charge in [-0.05, 0) is 41.8 Å². The van der Waals surface area contributed by atoms with Crippen LogP contribution in [0.4, 0.5) is 4.79 Å². The Kier molecular flexibility index (Phi) is 2.67. The monoisotopic (exact) mass is 239 g/mol. The lowest BCUT2D eigenvalue weighted by atomic mass is 10.3. The van der Waals surface area contributed by atoms with Crippen LogP contribution in [-0.2, 0) is 4.79 Å². The number of carbonyl (C=O) groups is 2. The van der Waals surface area contributed by atoms with Gasteiger partial charge in [0.2, 0.25) is 0 Å². The molecule has 0 bridgehead atoms. The van der Waals surface area contributed by atoms with Crippen LogP contribution in [0.3, 0.4) is 0 Å². The van der Waals surface area contributed by atoms with E-state index >= 15 is 0 Å². The summed E-state index contributed by atoms with van der Waals surface area (Å²) in [5.74, 6) is -0.210. The quantitative estimate of drug-likeness (QED) is 0.707. The Labute approximate surface area is 95.8 Å². The lowest BCUT2D eigenvalue weighted by Crippen LogP contribution is -2.22. The highest BCUT2D eigenvalue weighted by Crippen LogP contribution is 2.32. The average Bonchev–Trinajstić information content (AvgIpc) is 2.69. The zero-order valence-corrected chi connectivity index (χ0v) is 9.95. The molecule has 0 aromatic carbocycles. The van der Waals surface area contributed by atoms with E-state index in [-0.39, 0.29) is 11.1 Å². The first-order chi connectivity index (χ1) is 7.09. The van der Waals surface area contributed by atoms with Crippen LogP contribution in [0.2, 0.25) is 0 Å². The number of rotatable bonds is 1. The van der Waals surface area contributed by atoms with E-state index in [4.69, 9.17) is 0 Å². The summed E-state index contributed by atoms with van der Waals surface area (Å²) in [6.45, 7) is 1.98. The molecule has 0 N–H and O–H groups in total. The maximum absolute atomic E-state index is 11.6. The molecule has 1 aliphatic rings. The van der Waals surface area contributed by atoms with Crippen LogP contribution >= 0.6 is 23.1 Å². The Morgan fingerprint density at radius 1 is 1.40 bits per heavy atom. The zero-order valence-electron chi connectivity index (χ0n) is 8.31. The summed E-state index contributed by atoms with van der Waals surface area (Å²) in [7, 11) is 1.50. The Morgan fingerprint density at radius 2 is 2.13 bits per heavy atom. The highest BCUT2D eigenvalue weighted by Gasteiger charge is 2.31. The van der Waals surface area contributed by atoms with Gasteiger partial charge in [0.25, 0.3) is 11.1 Å². The van der Waals surface area contributed by atoms with Crippen molar-refractivity contribution in [2.24, 2.45) is 0 Å². The van der Waals surface area contributed by atoms with Crippen molar-refractivity contribution in [1.29, 1.82) is 0 Å². The fourth-order valence-electron chi connectivity index (χ4n) is 1.20. The van der Waals surface area contributed by atoms with E-state index in [1.165, 1.54) is 7.05 Å². The van der Waals surface area contributed by atoms with Crippen molar-refractivity contribution in [3.8, 4) is 0 Å². The second-order valence-electron chi connectivity index (χ2n) is 3.21. The standard InChI is InChI=1S/C10H9NO2S2/c1-6-3-4-14-7(6)5-8-9(12)11(2)10(13)15-8/h3-5H,1-2H3/b8-5+. The van der Waals surface area contributed by atoms with Crippen molar-refractivity contribution in [3.63, 3.8) is 0 Å². The molecule has 2 amide bonds. The Hall–Kier alpha value is -1.07. The van der Waals surface area contributed by atoms with Crippen LogP contribution in [0.1, 0.15) is 10.4 Å². The van der Waals surface area contributed by atoms with Gasteiger partial charge in [0.1, 0.15) is 0 Å². The third kappa shape index (κ3) is 1.85. The van der Waals surface area contributed by atoms with Gasteiger partial charge >= 0.3 is 0 Å². The highest BCUT2D eigenvalue weighted by molar-refractivity contribution is 8.18. The molecular weight excluding hydrogens is 230 g/mol. The molecule has 1 saturated heterocycles. The second-order valence-corrected chi connectivity index (χ2v) is 5.15. The maximum Gasteiger partial charge on any atom is 0.293 e. The molecule has 3 nitrogen and oxygen atoms in total. The molecule has 1 aromatic rings. The number of thiophene rings is 1. The number of hydrogen-bond donors (Lipinski definition) is 0. The van der Waals surface area contributed by atoms with E-state index in [1.807, 2.05) is 18.4 Å². The third-order valence-corrected chi connectivity index (χ3v) is 4.08. The summed E-state index contributed by atoms with van der Waals surface area (Å²) in [5.41, 5.74) is 1.13. The molecule has 0 unspecified atom stereocenters. The van der Waals surface area contributed by atoms with E-state index in [9.17, 15) is 9.59 Å². The number of hydrogen-bond acceptors (Lipinski definition) is 4. The van der Waals surface area contributed by atoms with Gasteiger partial charge in [-0.1, -0.05) is 0 Å². The molecule has 0 radical (unpaired) electrons. The topological polar surface area (TPSA) is 37.4 Å². The van der Waals surface area contributed by atoms with Crippen molar-refractivity contribution < 1.29 is 9.59 Å². The minimum Gasteiger partial charge on any atom is -0.272 e. The highest BCUT2D eigenvalue weighted by atomic mass is 32.2. The van der Waals surface area contributed by atoms with Gasteiger partial charge in [-0.15, -0.1) is 11.3 Å². The molecule has 0 spiro atoms. The van der Waals surface area contributed by atoms with E-state index in [0.717, 1.165) is 27.1 Å². The van der Waals surface area contributed by atoms with Crippen molar-refractivity contribution in [2.75, 3.05) is 7.05 Å². The first-order valence-electron chi connectivity index (χ1n) is 4.35. The normalized spacial score (nSPS) is 19.3. The Morgan fingerprint density at radius 3 is 2.60 bits per heavy atom. The third-order valence-electron chi connectivity index (χ3n) is 2.15. The molecule has 0 aliphatic carbocycles. The summed E-state index contributed by atoms with van der Waals surface area (Å²) in [4.78, 5) is 25.5. The van der Waals surface area contributed by atoms with E-state index in [1.54, 1.807) is 17.4 Å². The summed E-state index contributed by atoms with van der Waals surface area (Å²) in [6, 6.07) is 1.99. The average molecular weight is 239 g/mol. The second kappa shape index (κ2) is 3.83. The predicted molar refractivity (Wildman–Crippen MR) is 62.8 cm³/mol. The molecule has 1 aromatic heterocycles. The number of carbonyl (C=O) groups excluding carboxylic acids is 2. The van der Waals surface area contributed by atoms with Gasteiger partial charge in [-0.3, -0.25) is 14.5 Å². The van der Waals surface area contributed by atoms with Crippen LogP contribution in [-0.4, -0.2) is 23.1 Å². The van der Waals surface area contributed by atoms with Crippen LogP contribution in [0, 0.1) is 6.92 Å². The summed E-state index contributed by atoms with van der Waals surface area (Å²) in [6.07, 6.45) is 1.79. The lowest BCUT2D eigenvalue weighted by Gasteiger charge is -2.00. The number of amides is 2. The van der Waals surface area contributed by atoms with Gasteiger partial charge in [0.15, 0.2) is 0 Å². The molecule has 2 heterocycles. The minimum atomic E-state index is -0.210. The molecule has 15 heavy (non-hydrogen) atoms. The van der Waals surface area contributed by atoms with Crippen LogP contribution in [0.5, 0.6) is 0 Å². The largest absolute Gasteiger partial charge is 0.293 e. The SMILES string of the molecule is Cc1ccsc1/C=C1/SC(=O)N(C)C1=O. The Balaban J connectivity index is 2.34. The minimum absolute atomic E-state index is 0.208. The summed E-state index contributed by atoms with van der Waals surface area (Å²) < 4.78 is 0. The maximum atomic E-state index is 11.6. The number of nitrogens with zero attached hydrogens (tertiary/aromatic N) is 1. The smallest absolute Gasteiger partial charge is 0.272 e. The number of thioether (sulfide) groups is 1. The van der Waals surface area contributed by atoms with E-state index in [0.29, 0.717) is 4.91 Å². The molecule has 0 saturated carbocycles. The van der Waals surface area contributed by atoms with Crippen LogP contribution in [0.25, 0.3) is 6.08 Å². The molecule has 2 rings (SSSR count). The van der Waals surface area contributed by atoms with Gasteiger partial charge in [-0.25, -0.2) is 0 Å². The van der Waals surface area contributed by atoms with Crippen molar-refractivity contribution in [1.82, 2.24) is 4.90 Å². The fraction of sp³-hybridized carbons (Fsp3) is 0.200. The lowest BCUT2D eigenvalue weighted by molar-refractivity contribution is -0.121. The van der Waals surface area contributed by atoms with Gasteiger partial charge in [0.05, 0.1) is 4.91 Å². The van der Waals surface area contributed by atoms with Crippen LogP contribution < -0.4 is 0 Å². The number of imide groups is 1. The molecule has 0 atom stereocenters. The molecular formula is C10H9NO2S2. The molecule has 1 fully saturated rings. The number of likely N-dealkylation sites (N-methyl/N-ethyl adjacent to an activating group) is 1. The van der Waals surface area contributed by atoms with Gasteiger partial charge in [-0.2, -0.15) is 0 Å². The van der Waals surface area contributed by atoms with Crippen molar-refractivity contribution in [3.05, 3.63) is 26.8 Å².